The fraction of sp³-hybridized carbons (Fsp3) is 0.300. The highest BCUT2D eigenvalue weighted by Gasteiger charge is 2.26. The standard InChI is InChI=1S/C10H11NO2S/c1-11-8(7-13-10(11)12)4-5-9-3-2-6-14-9/h2-6,8H,7H2,1H3/b5-4+/t8-/m1/s1. The van der Waals surface area contributed by atoms with Crippen molar-refractivity contribution < 1.29 is 9.53 Å². The summed E-state index contributed by atoms with van der Waals surface area (Å²) >= 11 is 1.68. The molecule has 1 saturated heterocycles. The number of nitrogens with zero attached hydrogens (tertiary/aromatic N) is 1. The van der Waals surface area contributed by atoms with Gasteiger partial charge in [-0.2, -0.15) is 0 Å². The molecule has 0 radical (unpaired) electrons. The number of carbonyl (C=O) groups excluding carboxylic acids is 1. The first-order chi connectivity index (χ1) is 6.77. The lowest BCUT2D eigenvalue weighted by atomic mass is 10.2. The highest BCUT2D eigenvalue weighted by Crippen LogP contribution is 2.15. The molecule has 2 heterocycles. The van der Waals surface area contributed by atoms with E-state index in [4.69, 9.17) is 4.74 Å². The molecular weight excluding hydrogens is 198 g/mol. The number of cyclic esters (lactones) is 1. The molecule has 1 amide bonds. The van der Waals surface area contributed by atoms with Crippen LogP contribution in [-0.2, 0) is 4.74 Å². The van der Waals surface area contributed by atoms with Crippen LogP contribution in [0.15, 0.2) is 23.6 Å². The Bertz CT molecular complexity index is 345. The van der Waals surface area contributed by atoms with Crippen LogP contribution in [-0.4, -0.2) is 30.7 Å². The van der Waals surface area contributed by atoms with Crippen molar-refractivity contribution >= 4 is 23.5 Å². The lowest BCUT2D eigenvalue weighted by Gasteiger charge is -2.10. The number of likely N-dealkylation sites (N-methyl/N-ethyl adjacent to an activating group) is 1. The summed E-state index contributed by atoms with van der Waals surface area (Å²) in [5.74, 6) is 0. The van der Waals surface area contributed by atoms with Gasteiger partial charge in [-0.1, -0.05) is 12.1 Å². The van der Waals surface area contributed by atoms with Crippen LogP contribution >= 0.6 is 11.3 Å². The van der Waals surface area contributed by atoms with Crippen molar-refractivity contribution in [3.05, 3.63) is 28.5 Å². The summed E-state index contributed by atoms with van der Waals surface area (Å²) in [7, 11) is 1.75. The number of amides is 1. The Morgan fingerprint density at radius 2 is 2.57 bits per heavy atom. The molecule has 1 aromatic rings. The van der Waals surface area contributed by atoms with Gasteiger partial charge < -0.3 is 9.64 Å². The quantitative estimate of drug-likeness (QED) is 0.747. The zero-order chi connectivity index (χ0) is 9.97. The minimum Gasteiger partial charge on any atom is -0.447 e. The van der Waals surface area contributed by atoms with Gasteiger partial charge in [0.1, 0.15) is 6.61 Å². The second-order valence-corrected chi connectivity index (χ2v) is 4.11. The lowest BCUT2D eigenvalue weighted by molar-refractivity contribution is 0.163. The molecule has 3 nitrogen and oxygen atoms in total. The smallest absolute Gasteiger partial charge is 0.410 e. The van der Waals surface area contributed by atoms with Gasteiger partial charge in [-0.25, -0.2) is 4.79 Å². The maximum atomic E-state index is 11.0. The maximum Gasteiger partial charge on any atom is 0.410 e. The summed E-state index contributed by atoms with van der Waals surface area (Å²) in [6, 6.07) is 4.12. The van der Waals surface area contributed by atoms with Gasteiger partial charge in [0.05, 0.1) is 6.04 Å². The first-order valence-corrected chi connectivity index (χ1v) is 5.26. The molecule has 0 spiro atoms. The van der Waals surface area contributed by atoms with Crippen molar-refractivity contribution in [3.8, 4) is 0 Å². The Labute approximate surface area is 86.6 Å². The average Bonchev–Trinajstić information content (AvgIpc) is 2.77. The van der Waals surface area contributed by atoms with Crippen LogP contribution in [0.4, 0.5) is 4.79 Å². The predicted molar refractivity (Wildman–Crippen MR) is 56.3 cm³/mol. The van der Waals surface area contributed by atoms with E-state index in [1.54, 1.807) is 23.3 Å². The van der Waals surface area contributed by atoms with Crippen LogP contribution in [0, 0.1) is 0 Å². The van der Waals surface area contributed by atoms with Crippen molar-refractivity contribution in [2.24, 2.45) is 0 Å². The van der Waals surface area contributed by atoms with Crippen LogP contribution in [0.5, 0.6) is 0 Å². The number of ether oxygens (including phenoxy) is 1. The predicted octanol–water partition coefficient (Wildman–Crippen LogP) is 2.21. The van der Waals surface area contributed by atoms with Crippen molar-refractivity contribution in [2.45, 2.75) is 6.04 Å². The highest BCUT2D eigenvalue weighted by molar-refractivity contribution is 7.10. The summed E-state index contributed by atoms with van der Waals surface area (Å²) < 4.78 is 4.89. The molecule has 4 heteroatoms. The summed E-state index contributed by atoms with van der Waals surface area (Å²) in [5, 5.41) is 2.03. The third-order valence-corrected chi connectivity index (χ3v) is 3.03. The second kappa shape index (κ2) is 3.84. The molecule has 0 bridgehead atoms. The van der Waals surface area contributed by atoms with E-state index >= 15 is 0 Å². The maximum absolute atomic E-state index is 11.0. The minimum absolute atomic E-state index is 0.0737. The molecule has 2 rings (SSSR count). The molecule has 0 aromatic carbocycles. The summed E-state index contributed by atoms with van der Waals surface area (Å²) in [4.78, 5) is 13.8. The molecule has 0 N–H and O–H groups in total. The first kappa shape index (κ1) is 9.27. The Balaban J connectivity index is 2.01. The van der Waals surface area contributed by atoms with Crippen molar-refractivity contribution in [2.75, 3.05) is 13.7 Å². The van der Waals surface area contributed by atoms with E-state index in [1.165, 1.54) is 4.88 Å². The van der Waals surface area contributed by atoms with E-state index in [0.717, 1.165) is 0 Å². The molecule has 1 aliphatic rings. The topological polar surface area (TPSA) is 29.5 Å². The second-order valence-electron chi connectivity index (χ2n) is 3.13. The van der Waals surface area contributed by atoms with Gasteiger partial charge in [0.25, 0.3) is 0 Å². The van der Waals surface area contributed by atoms with E-state index < -0.39 is 0 Å². The third kappa shape index (κ3) is 1.80. The van der Waals surface area contributed by atoms with Crippen LogP contribution in [0.1, 0.15) is 4.88 Å². The fourth-order valence-corrected chi connectivity index (χ4v) is 1.91. The van der Waals surface area contributed by atoms with E-state index in [0.29, 0.717) is 6.61 Å². The van der Waals surface area contributed by atoms with E-state index in [2.05, 4.69) is 0 Å². The molecule has 0 aliphatic carbocycles. The fourth-order valence-electron chi connectivity index (χ4n) is 1.28. The van der Waals surface area contributed by atoms with Crippen LogP contribution < -0.4 is 0 Å². The lowest BCUT2D eigenvalue weighted by Crippen LogP contribution is -2.27. The Hall–Kier alpha value is -1.29. The number of carbonyl (C=O) groups is 1. The molecule has 1 aromatic heterocycles. The molecule has 1 aliphatic heterocycles. The molecule has 1 atom stereocenters. The van der Waals surface area contributed by atoms with Crippen LogP contribution in [0.25, 0.3) is 6.08 Å². The monoisotopic (exact) mass is 209 g/mol. The third-order valence-electron chi connectivity index (χ3n) is 2.19. The summed E-state index contributed by atoms with van der Waals surface area (Å²) in [6.07, 6.45) is 3.77. The van der Waals surface area contributed by atoms with Gasteiger partial charge >= 0.3 is 6.09 Å². The minimum atomic E-state index is -0.245. The van der Waals surface area contributed by atoms with E-state index in [-0.39, 0.29) is 12.1 Å². The van der Waals surface area contributed by atoms with E-state index in [1.807, 2.05) is 29.7 Å². The van der Waals surface area contributed by atoms with Crippen molar-refractivity contribution in [1.29, 1.82) is 0 Å². The molecule has 0 saturated carbocycles. The zero-order valence-electron chi connectivity index (χ0n) is 7.84. The summed E-state index contributed by atoms with van der Waals surface area (Å²) in [6.45, 7) is 0.456. The Morgan fingerprint density at radius 1 is 1.71 bits per heavy atom. The highest BCUT2D eigenvalue weighted by atomic mass is 32.1. The molecule has 74 valence electrons. The molecule has 14 heavy (non-hydrogen) atoms. The first-order valence-electron chi connectivity index (χ1n) is 4.38. The van der Waals surface area contributed by atoms with Gasteiger partial charge in [0, 0.05) is 11.9 Å². The molecule has 0 unspecified atom stereocenters. The van der Waals surface area contributed by atoms with Gasteiger partial charge in [0.15, 0.2) is 0 Å². The zero-order valence-corrected chi connectivity index (χ0v) is 8.66. The SMILES string of the molecule is CN1C(=O)OC[C@H]1/C=C/c1cccs1. The number of rotatable bonds is 2. The number of hydrogen-bond donors (Lipinski definition) is 0. The largest absolute Gasteiger partial charge is 0.447 e. The molecule has 1 fully saturated rings. The Kier molecular flexibility index (Phi) is 2.54. The Morgan fingerprint density at radius 3 is 3.14 bits per heavy atom. The summed E-state index contributed by atoms with van der Waals surface area (Å²) in [5.41, 5.74) is 0. The van der Waals surface area contributed by atoms with Gasteiger partial charge in [-0.15, -0.1) is 11.3 Å². The van der Waals surface area contributed by atoms with E-state index in [9.17, 15) is 4.79 Å². The normalized spacial score (nSPS) is 21.9. The van der Waals surface area contributed by atoms with Gasteiger partial charge in [-0.3, -0.25) is 0 Å². The van der Waals surface area contributed by atoms with Gasteiger partial charge in [0.2, 0.25) is 0 Å². The average molecular weight is 209 g/mol. The molecular formula is C10H11NO2S. The number of hydrogen-bond acceptors (Lipinski definition) is 3. The van der Waals surface area contributed by atoms with Crippen LogP contribution in [0.2, 0.25) is 0 Å². The van der Waals surface area contributed by atoms with Crippen molar-refractivity contribution in [1.82, 2.24) is 4.90 Å². The van der Waals surface area contributed by atoms with Crippen LogP contribution in [0.3, 0.4) is 0 Å². The van der Waals surface area contributed by atoms with Crippen molar-refractivity contribution in [3.63, 3.8) is 0 Å². The van der Waals surface area contributed by atoms with Gasteiger partial charge in [-0.05, 0) is 17.5 Å². The number of thiophene rings is 1.